The molecule has 5 nitrogen and oxygen atoms in total. The van der Waals surface area contributed by atoms with Gasteiger partial charge in [0.2, 0.25) is 5.91 Å². The standard InChI is InChI=1S/C16H22N4O/c17-9-3-1-2-8-16(21)19-15-7-4-6-14(12-15)13-20-11-5-10-18-20/h4-7,10-12H,1-3,8-9,13,17H2,(H,19,21). The molecule has 0 spiro atoms. The monoisotopic (exact) mass is 286 g/mol. The molecule has 0 radical (unpaired) electrons. The summed E-state index contributed by atoms with van der Waals surface area (Å²) in [6.07, 6.45) is 7.09. The van der Waals surface area contributed by atoms with E-state index in [1.54, 1.807) is 6.20 Å². The Balaban J connectivity index is 1.84. The van der Waals surface area contributed by atoms with Gasteiger partial charge in [-0.05, 0) is 43.1 Å². The lowest BCUT2D eigenvalue weighted by molar-refractivity contribution is -0.116. The van der Waals surface area contributed by atoms with Gasteiger partial charge in [0.15, 0.2) is 0 Å². The predicted octanol–water partition coefficient (Wildman–Crippen LogP) is 2.39. The van der Waals surface area contributed by atoms with Crippen molar-refractivity contribution < 1.29 is 4.79 Å². The van der Waals surface area contributed by atoms with Gasteiger partial charge in [0.05, 0.1) is 6.54 Å². The molecule has 0 atom stereocenters. The van der Waals surface area contributed by atoms with E-state index in [-0.39, 0.29) is 5.91 Å². The highest BCUT2D eigenvalue weighted by molar-refractivity contribution is 5.90. The van der Waals surface area contributed by atoms with E-state index < -0.39 is 0 Å². The van der Waals surface area contributed by atoms with E-state index in [4.69, 9.17) is 5.73 Å². The predicted molar refractivity (Wildman–Crippen MR) is 83.9 cm³/mol. The molecule has 3 N–H and O–H groups in total. The zero-order chi connectivity index (χ0) is 14.9. The fourth-order valence-corrected chi connectivity index (χ4v) is 2.16. The van der Waals surface area contributed by atoms with Crippen molar-refractivity contribution in [3.8, 4) is 0 Å². The third kappa shape index (κ3) is 5.39. The molecule has 2 rings (SSSR count). The quantitative estimate of drug-likeness (QED) is 0.732. The largest absolute Gasteiger partial charge is 0.330 e. The molecule has 0 unspecified atom stereocenters. The number of amides is 1. The molecule has 0 saturated carbocycles. The fraction of sp³-hybridized carbons (Fsp3) is 0.375. The lowest BCUT2D eigenvalue weighted by atomic mass is 10.1. The van der Waals surface area contributed by atoms with Gasteiger partial charge in [-0.1, -0.05) is 18.6 Å². The summed E-state index contributed by atoms with van der Waals surface area (Å²) in [7, 11) is 0. The first-order chi connectivity index (χ1) is 10.3. The van der Waals surface area contributed by atoms with Crippen LogP contribution in [0.4, 0.5) is 5.69 Å². The van der Waals surface area contributed by atoms with E-state index in [1.165, 1.54) is 0 Å². The van der Waals surface area contributed by atoms with E-state index in [0.717, 1.165) is 30.5 Å². The van der Waals surface area contributed by atoms with Crippen molar-refractivity contribution in [3.63, 3.8) is 0 Å². The highest BCUT2D eigenvalue weighted by Gasteiger charge is 2.03. The molecule has 5 heteroatoms. The Kier molecular flexibility index (Phi) is 5.97. The SMILES string of the molecule is NCCCCCC(=O)Nc1cccc(Cn2cccn2)c1. The molecular weight excluding hydrogens is 264 g/mol. The van der Waals surface area contributed by atoms with Gasteiger partial charge < -0.3 is 11.1 Å². The average Bonchev–Trinajstić information content (AvgIpc) is 2.97. The van der Waals surface area contributed by atoms with Crippen molar-refractivity contribution in [2.45, 2.75) is 32.2 Å². The minimum atomic E-state index is 0.0586. The first kappa shape index (κ1) is 15.3. The topological polar surface area (TPSA) is 72.9 Å². The minimum absolute atomic E-state index is 0.0586. The molecule has 1 aromatic heterocycles. The number of nitrogens with one attached hydrogen (secondary N) is 1. The maximum absolute atomic E-state index is 11.8. The summed E-state index contributed by atoms with van der Waals surface area (Å²) in [5.74, 6) is 0.0586. The van der Waals surface area contributed by atoms with Gasteiger partial charge in [0.1, 0.15) is 0 Å². The molecule has 1 aromatic carbocycles. The molecule has 112 valence electrons. The second-order valence-electron chi connectivity index (χ2n) is 5.05. The van der Waals surface area contributed by atoms with Crippen LogP contribution in [0.1, 0.15) is 31.2 Å². The fourth-order valence-electron chi connectivity index (χ4n) is 2.16. The number of hydrogen-bond donors (Lipinski definition) is 2. The molecule has 0 fully saturated rings. The van der Waals surface area contributed by atoms with Gasteiger partial charge in [-0.25, -0.2) is 0 Å². The molecule has 0 saturated heterocycles. The molecule has 0 bridgehead atoms. The number of carbonyl (C=O) groups excluding carboxylic acids is 1. The third-order valence-electron chi connectivity index (χ3n) is 3.22. The number of benzene rings is 1. The van der Waals surface area contributed by atoms with E-state index in [2.05, 4.69) is 10.4 Å². The van der Waals surface area contributed by atoms with Crippen molar-refractivity contribution in [1.82, 2.24) is 9.78 Å². The summed E-state index contributed by atoms with van der Waals surface area (Å²) in [6.45, 7) is 1.39. The van der Waals surface area contributed by atoms with E-state index in [9.17, 15) is 4.79 Å². The van der Waals surface area contributed by atoms with E-state index in [1.807, 2.05) is 41.2 Å². The van der Waals surface area contributed by atoms with Crippen LogP contribution >= 0.6 is 0 Å². The summed E-state index contributed by atoms with van der Waals surface area (Å²) in [5, 5.41) is 7.12. The van der Waals surface area contributed by atoms with Crippen molar-refractivity contribution in [1.29, 1.82) is 0 Å². The first-order valence-corrected chi connectivity index (χ1v) is 7.34. The summed E-state index contributed by atoms with van der Waals surface area (Å²) in [6, 6.07) is 9.76. The Bertz CT molecular complexity index is 551. The van der Waals surface area contributed by atoms with Crippen molar-refractivity contribution in [2.24, 2.45) is 5.73 Å². The van der Waals surface area contributed by atoms with Gasteiger partial charge in [-0.3, -0.25) is 9.48 Å². The summed E-state index contributed by atoms with van der Waals surface area (Å²) in [5.41, 5.74) is 7.38. The normalized spacial score (nSPS) is 10.5. The van der Waals surface area contributed by atoms with Crippen LogP contribution in [0.3, 0.4) is 0 Å². The Hall–Kier alpha value is -2.14. The number of hydrogen-bond acceptors (Lipinski definition) is 3. The van der Waals surface area contributed by atoms with Gasteiger partial charge in [0, 0.05) is 24.5 Å². The molecule has 21 heavy (non-hydrogen) atoms. The Morgan fingerprint density at radius 3 is 2.90 bits per heavy atom. The second kappa shape index (κ2) is 8.21. The first-order valence-electron chi connectivity index (χ1n) is 7.34. The molecular formula is C16H22N4O. The van der Waals surface area contributed by atoms with Crippen LogP contribution in [-0.2, 0) is 11.3 Å². The third-order valence-corrected chi connectivity index (χ3v) is 3.22. The second-order valence-corrected chi connectivity index (χ2v) is 5.05. The minimum Gasteiger partial charge on any atom is -0.330 e. The van der Waals surface area contributed by atoms with Crippen LogP contribution < -0.4 is 11.1 Å². The number of carbonyl (C=O) groups is 1. The Morgan fingerprint density at radius 2 is 2.14 bits per heavy atom. The zero-order valence-corrected chi connectivity index (χ0v) is 12.2. The average molecular weight is 286 g/mol. The number of unbranched alkanes of at least 4 members (excludes halogenated alkanes) is 2. The summed E-state index contributed by atoms with van der Waals surface area (Å²) in [4.78, 5) is 11.8. The molecule has 0 aliphatic rings. The number of anilines is 1. The highest BCUT2D eigenvalue weighted by atomic mass is 16.1. The number of nitrogens with zero attached hydrogens (tertiary/aromatic N) is 2. The van der Waals surface area contributed by atoms with Crippen LogP contribution in [0.15, 0.2) is 42.7 Å². The summed E-state index contributed by atoms with van der Waals surface area (Å²) < 4.78 is 1.85. The van der Waals surface area contributed by atoms with Gasteiger partial charge in [-0.15, -0.1) is 0 Å². The molecule has 1 amide bonds. The van der Waals surface area contributed by atoms with Gasteiger partial charge in [-0.2, -0.15) is 5.10 Å². The van der Waals surface area contributed by atoms with Crippen LogP contribution in [0.25, 0.3) is 0 Å². The Labute approximate surface area is 125 Å². The lowest BCUT2D eigenvalue weighted by Gasteiger charge is -2.08. The highest BCUT2D eigenvalue weighted by Crippen LogP contribution is 2.12. The number of rotatable bonds is 8. The molecule has 2 aromatic rings. The van der Waals surface area contributed by atoms with Crippen LogP contribution in [-0.4, -0.2) is 22.2 Å². The maximum atomic E-state index is 11.8. The van der Waals surface area contributed by atoms with Crippen LogP contribution in [0, 0.1) is 0 Å². The van der Waals surface area contributed by atoms with Crippen molar-refractivity contribution in [3.05, 3.63) is 48.3 Å². The zero-order valence-electron chi connectivity index (χ0n) is 12.2. The van der Waals surface area contributed by atoms with Gasteiger partial charge >= 0.3 is 0 Å². The molecule has 0 aliphatic carbocycles. The molecule has 0 aliphatic heterocycles. The van der Waals surface area contributed by atoms with Crippen molar-refractivity contribution >= 4 is 11.6 Å². The molecule has 1 heterocycles. The Morgan fingerprint density at radius 1 is 1.24 bits per heavy atom. The number of nitrogens with two attached hydrogens (primary N) is 1. The smallest absolute Gasteiger partial charge is 0.224 e. The lowest BCUT2D eigenvalue weighted by Crippen LogP contribution is -2.11. The van der Waals surface area contributed by atoms with Crippen LogP contribution in [0.2, 0.25) is 0 Å². The van der Waals surface area contributed by atoms with Gasteiger partial charge in [0.25, 0.3) is 0 Å². The summed E-state index contributed by atoms with van der Waals surface area (Å²) >= 11 is 0. The number of aromatic nitrogens is 2. The van der Waals surface area contributed by atoms with Crippen LogP contribution in [0.5, 0.6) is 0 Å². The van der Waals surface area contributed by atoms with E-state index in [0.29, 0.717) is 19.5 Å². The van der Waals surface area contributed by atoms with E-state index >= 15 is 0 Å². The van der Waals surface area contributed by atoms with Crippen molar-refractivity contribution in [2.75, 3.05) is 11.9 Å². The maximum Gasteiger partial charge on any atom is 0.224 e.